The van der Waals surface area contributed by atoms with Crippen molar-refractivity contribution in [1.82, 2.24) is 15.2 Å². The van der Waals surface area contributed by atoms with E-state index in [0.29, 0.717) is 18.8 Å². The lowest BCUT2D eigenvalue weighted by Gasteiger charge is -2.34. The monoisotopic (exact) mass is 365 g/mol. The molecule has 7 heteroatoms. The Balaban J connectivity index is 1.51. The van der Waals surface area contributed by atoms with Gasteiger partial charge in [-0.2, -0.15) is 0 Å². The van der Waals surface area contributed by atoms with E-state index in [-0.39, 0.29) is 18.0 Å². The number of urea groups is 1. The second-order valence-electron chi connectivity index (χ2n) is 7.15. The molecule has 1 saturated heterocycles. The maximum absolute atomic E-state index is 12.6. The molecule has 1 unspecified atom stereocenters. The number of nitrogens with one attached hydrogen (secondary N) is 1. The Kier molecular flexibility index (Phi) is 5.93. The molecule has 2 N–H and O–H groups in total. The van der Waals surface area contributed by atoms with Crippen LogP contribution in [0.2, 0.25) is 0 Å². The van der Waals surface area contributed by atoms with Crippen molar-refractivity contribution >= 4 is 23.3 Å². The SMILES string of the molecule is CCc1csc(C2CCCN(C(=O)NC3CCC(C(=O)O)CC3)C2)n1. The molecule has 2 aliphatic rings. The molecule has 3 rings (SSSR count). The number of likely N-dealkylation sites (tertiary alicyclic amines) is 1. The minimum atomic E-state index is -0.710. The maximum Gasteiger partial charge on any atom is 0.317 e. The number of amides is 2. The second-order valence-corrected chi connectivity index (χ2v) is 8.04. The van der Waals surface area contributed by atoms with Crippen LogP contribution in [0.5, 0.6) is 0 Å². The lowest BCUT2D eigenvalue weighted by molar-refractivity contribution is -0.142. The molecule has 1 aromatic heterocycles. The summed E-state index contributed by atoms with van der Waals surface area (Å²) >= 11 is 1.71. The summed E-state index contributed by atoms with van der Waals surface area (Å²) in [5.41, 5.74) is 1.14. The van der Waals surface area contributed by atoms with E-state index in [4.69, 9.17) is 10.1 Å². The zero-order chi connectivity index (χ0) is 17.8. The number of carbonyl (C=O) groups is 2. The van der Waals surface area contributed by atoms with Gasteiger partial charge in [0.15, 0.2) is 0 Å². The fourth-order valence-corrected chi connectivity index (χ4v) is 4.82. The van der Waals surface area contributed by atoms with Crippen LogP contribution in [0.25, 0.3) is 0 Å². The van der Waals surface area contributed by atoms with Crippen molar-refractivity contribution in [3.8, 4) is 0 Å². The predicted octanol–water partition coefficient (Wildman–Crippen LogP) is 3.24. The van der Waals surface area contributed by atoms with Crippen molar-refractivity contribution in [3.05, 3.63) is 16.1 Å². The molecular formula is C18H27N3O3S. The Labute approximate surface area is 152 Å². The van der Waals surface area contributed by atoms with E-state index in [9.17, 15) is 9.59 Å². The van der Waals surface area contributed by atoms with Gasteiger partial charge in [0.2, 0.25) is 0 Å². The maximum atomic E-state index is 12.6. The minimum Gasteiger partial charge on any atom is -0.481 e. The largest absolute Gasteiger partial charge is 0.481 e. The normalized spacial score (nSPS) is 27.1. The van der Waals surface area contributed by atoms with Crippen LogP contribution in [0, 0.1) is 5.92 Å². The van der Waals surface area contributed by atoms with E-state index < -0.39 is 5.97 Å². The lowest BCUT2D eigenvalue weighted by Crippen LogP contribution is -2.49. The average Bonchev–Trinajstić information content (AvgIpc) is 3.11. The molecule has 1 aliphatic carbocycles. The van der Waals surface area contributed by atoms with Gasteiger partial charge >= 0.3 is 12.0 Å². The van der Waals surface area contributed by atoms with Crippen molar-refractivity contribution < 1.29 is 14.7 Å². The number of hydrogen-bond acceptors (Lipinski definition) is 4. The molecular weight excluding hydrogens is 338 g/mol. The van der Waals surface area contributed by atoms with Gasteiger partial charge in [0, 0.05) is 30.4 Å². The average molecular weight is 365 g/mol. The summed E-state index contributed by atoms with van der Waals surface area (Å²) in [4.78, 5) is 30.2. The van der Waals surface area contributed by atoms with Gasteiger partial charge in [-0.15, -0.1) is 11.3 Å². The van der Waals surface area contributed by atoms with Gasteiger partial charge in [0.05, 0.1) is 16.6 Å². The van der Waals surface area contributed by atoms with Crippen molar-refractivity contribution in [2.24, 2.45) is 5.92 Å². The van der Waals surface area contributed by atoms with Gasteiger partial charge in [-0.05, 0) is 44.9 Å². The highest BCUT2D eigenvalue weighted by Gasteiger charge is 2.30. The number of piperidine rings is 1. The van der Waals surface area contributed by atoms with E-state index in [2.05, 4.69) is 17.6 Å². The number of carboxylic acid groups (broad SMARTS) is 1. The second kappa shape index (κ2) is 8.17. The quantitative estimate of drug-likeness (QED) is 0.858. The molecule has 6 nitrogen and oxygen atoms in total. The number of nitrogens with zero attached hydrogens (tertiary/aromatic N) is 2. The van der Waals surface area contributed by atoms with Crippen LogP contribution in [-0.2, 0) is 11.2 Å². The number of aromatic nitrogens is 1. The molecule has 1 aliphatic heterocycles. The Morgan fingerprint density at radius 2 is 2.08 bits per heavy atom. The number of aryl methyl sites for hydroxylation is 1. The lowest BCUT2D eigenvalue weighted by atomic mass is 9.86. The molecule has 138 valence electrons. The molecule has 1 aromatic rings. The summed E-state index contributed by atoms with van der Waals surface area (Å²) < 4.78 is 0. The number of thiazole rings is 1. The molecule has 2 amide bonds. The molecule has 2 heterocycles. The summed E-state index contributed by atoms with van der Waals surface area (Å²) in [7, 11) is 0. The molecule has 0 aromatic carbocycles. The molecule has 2 fully saturated rings. The Morgan fingerprint density at radius 3 is 2.72 bits per heavy atom. The highest BCUT2D eigenvalue weighted by Crippen LogP contribution is 2.30. The Morgan fingerprint density at radius 1 is 1.32 bits per heavy atom. The first kappa shape index (κ1) is 18.2. The van der Waals surface area contributed by atoms with Gasteiger partial charge in [0.25, 0.3) is 0 Å². The fourth-order valence-electron chi connectivity index (χ4n) is 3.79. The summed E-state index contributed by atoms with van der Waals surface area (Å²) in [6.07, 6.45) is 5.86. The van der Waals surface area contributed by atoms with Crippen molar-refractivity contribution in [2.45, 2.75) is 63.8 Å². The smallest absolute Gasteiger partial charge is 0.317 e. The third kappa shape index (κ3) is 4.51. The minimum absolute atomic E-state index is 0.00394. The van der Waals surface area contributed by atoms with E-state index >= 15 is 0 Å². The predicted molar refractivity (Wildman–Crippen MR) is 97.0 cm³/mol. The van der Waals surface area contributed by atoms with Crippen molar-refractivity contribution in [3.63, 3.8) is 0 Å². The first-order valence-corrected chi connectivity index (χ1v) is 10.2. The number of aliphatic carboxylic acids is 1. The number of carbonyl (C=O) groups excluding carboxylic acids is 1. The summed E-state index contributed by atoms with van der Waals surface area (Å²) in [6, 6.07) is 0.103. The first-order chi connectivity index (χ1) is 12.1. The van der Waals surface area contributed by atoms with Crippen LogP contribution < -0.4 is 5.32 Å². The van der Waals surface area contributed by atoms with Crippen LogP contribution >= 0.6 is 11.3 Å². The third-order valence-electron chi connectivity index (χ3n) is 5.39. The Hall–Kier alpha value is -1.63. The van der Waals surface area contributed by atoms with Crippen LogP contribution in [0.3, 0.4) is 0 Å². The van der Waals surface area contributed by atoms with E-state index in [1.54, 1.807) is 11.3 Å². The highest BCUT2D eigenvalue weighted by atomic mass is 32.1. The van der Waals surface area contributed by atoms with E-state index in [1.807, 2.05) is 4.90 Å². The first-order valence-electron chi connectivity index (χ1n) is 9.29. The molecule has 0 bridgehead atoms. The van der Waals surface area contributed by atoms with Crippen LogP contribution in [0.4, 0.5) is 4.79 Å². The molecule has 25 heavy (non-hydrogen) atoms. The summed E-state index contributed by atoms with van der Waals surface area (Å²) in [5, 5.41) is 15.4. The van der Waals surface area contributed by atoms with Crippen LogP contribution in [-0.4, -0.2) is 46.1 Å². The Bertz CT molecular complexity index is 610. The summed E-state index contributed by atoms with van der Waals surface area (Å²) in [6.45, 7) is 3.63. The number of rotatable bonds is 4. The number of carboxylic acids is 1. The molecule has 0 radical (unpaired) electrons. The van der Waals surface area contributed by atoms with Gasteiger partial charge in [0.1, 0.15) is 0 Å². The fraction of sp³-hybridized carbons (Fsp3) is 0.722. The topological polar surface area (TPSA) is 82.5 Å². The van der Waals surface area contributed by atoms with Crippen molar-refractivity contribution in [1.29, 1.82) is 0 Å². The van der Waals surface area contributed by atoms with Gasteiger partial charge in [-0.1, -0.05) is 6.92 Å². The highest BCUT2D eigenvalue weighted by molar-refractivity contribution is 7.09. The van der Waals surface area contributed by atoms with Gasteiger partial charge in [-0.25, -0.2) is 9.78 Å². The van der Waals surface area contributed by atoms with E-state index in [0.717, 1.165) is 55.9 Å². The van der Waals surface area contributed by atoms with Crippen molar-refractivity contribution in [2.75, 3.05) is 13.1 Å². The zero-order valence-electron chi connectivity index (χ0n) is 14.7. The van der Waals surface area contributed by atoms with Gasteiger partial charge < -0.3 is 15.3 Å². The zero-order valence-corrected chi connectivity index (χ0v) is 15.6. The van der Waals surface area contributed by atoms with Crippen LogP contribution in [0.15, 0.2) is 5.38 Å². The summed E-state index contributed by atoms with van der Waals surface area (Å²) in [5.74, 6) is -0.615. The van der Waals surface area contributed by atoms with Gasteiger partial charge in [-0.3, -0.25) is 4.79 Å². The standard InChI is InChI=1S/C18H27N3O3S/c1-2-14-11-25-16(19-14)13-4-3-9-21(10-13)18(24)20-15-7-5-12(6-8-15)17(22)23/h11-13,15H,2-10H2,1H3,(H,20,24)(H,22,23). The van der Waals surface area contributed by atoms with Crippen LogP contribution in [0.1, 0.15) is 62.1 Å². The van der Waals surface area contributed by atoms with E-state index in [1.165, 1.54) is 0 Å². The molecule has 0 spiro atoms. The number of hydrogen-bond donors (Lipinski definition) is 2. The molecule has 1 atom stereocenters. The third-order valence-corrected chi connectivity index (χ3v) is 6.45. The molecule has 1 saturated carbocycles.